The Hall–Kier alpha value is -2.78. The number of amides is 1. The van der Waals surface area contributed by atoms with E-state index in [9.17, 15) is 10.1 Å². The lowest BCUT2D eigenvalue weighted by molar-refractivity contribution is -0.126. The second kappa shape index (κ2) is 8.74. The molecule has 0 aromatic carbocycles. The summed E-state index contributed by atoms with van der Waals surface area (Å²) in [4.78, 5) is 14.2. The van der Waals surface area contributed by atoms with Crippen LogP contribution >= 0.6 is 0 Å². The average molecular weight is 369 g/mol. The summed E-state index contributed by atoms with van der Waals surface area (Å²) in [5.74, 6) is 1.15. The highest BCUT2D eigenvalue weighted by Crippen LogP contribution is 2.23. The van der Waals surface area contributed by atoms with Gasteiger partial charge in [-0.05, 0) is 57.5 Å². The molecule has 27 heavy (non-hydrogen) atoms. The van der Waals surface area contributed by atoms with Gasteiger partial charge in [-0.15, -0.1) is 0 Å². The highest BCUT2D eigenvalue weighted by Gasteiger charge is 2.19. The number of nitrogens with zero attached hydrogens (tertiary/aromatic N) is 3. The lowest BCUT2D eigenvalue weighted by atomic mass is 10.1. The summed E-state index contributed by atoms with van der Waals surface area (Å²) in [6, 6.07) is 7.88. The lowest BCUT2D eigenvalue weighted by Gasteiger charge is -2.17. The topological polar surface area (TPSA) is 71.4 Å². The monoisotopic (exact) mass is 369 g/mol. The van der Waals surface area contributed by atoms with Gasteiger partial charge in [0, 0.05) is 25.5 Å². The van der Waals surface area contributed by atoms with Crippen molar-refractivity contribution in [2.45, 2.75) is 40.3 Å². The Balaban J connectivity index is 2.26. The van der Waals surface area contributed by atoms with Crippen LogP contribution < -0.4 is 0 Å². The molecule has 6 nitrogen and oxygen atoms in total. The van der Waals surface area contributed by atoms with Crippen molar-refractivity contribution >= 4 is 12.0 Å². The van der Waals surface area contributed by atoms with Gasteiger partial charge in [0.15, 0.2) is 0 Å². The summed E-state index contributed by atoms with van der Waals surface area (Å²) in [5.41, 5.74) is 3.03. The summed E-state index contributed by atoms with van der Waals surface area (Å²) in [7, 11) is 3.34. The number of hydrogen-bond acceptors (Lipinski definition) is 4. The van der Waals surface area contributed by atoms with Gasteiger partial charge in [0.2, 0.25) is 0 Å². The summed E-state index contributed by atoms with van der Waals surface area (Å²) in [5, 5.41) is 9.52. The molecule has 0 saturated heterocycles. The third-order valence-corrected chi connectivity index (χ3v) is 4.56. The van der Waals surface area contributed by atoms with Gasteiger partial charge >= 0.3 is 0 Å². The zero-order chi connectivity index (χ0) is 20.1. The maximum atomic E-state index is 12.7. The normalized spacial score (nSPS) is 12.7. The Bertz CT molecular complexity index is 883. The molecular formula is C21H27N3O3. The number of methoxy groups -OCH3 is 1. The SMILES string of the molecule is COCC(C)n1c(C)cc(/C=C(\C#N)C(=O)N(C)Cc2ccc(C)o2)c1C. The zero-order valence-corrected chi connectivity index (χ0v) is 16.9. The Labute approximate surface area is 160 Å². The maximum Gasteiger partial charge on any atom is 0.264 e. The highest BCUT2D eigenvalue weighted by molar-refractivity contribution is 6.01. The molecule has 0 spiro atoms. The highest BCUT2D eigenvalue weighted by atomic mass is 16.5. The first-order valence-corrected chi connectivity index (χ1v) is 8.88. The molecule has 2 aromatic rings. The van der Waals surface area contributed by atoms with Gasteiger partial charge in [0.1, 0.15) is 23.2 Å². The Kier molecular flexibility index (Phi) is 6.65. The van der Waals surface area contributed by atoms with Crippen LogP contribution in [0.4, 0.5) is 0 Å². The molecule has 0 saturated carbocycles. The molecule has 0 aliphatic rings. The molecule has 0 N–H and O–H groups in total. The van der Waals surface area contributed by atoms with E-state index in [1.165, 1.54) is 4.90 Å². The third-order valence-electron chi connectivity index (χ3n) is 4.56. The molecule has 1 atom stereocenters. The number of aryl methyl sites for hydroxylation is 2. The van der Waals surface area contributed by atoms with E-state index in [2.05, 4.69) is 11.5 Å². The van der Waals surface area contributed by atoms with E-state index in [0.717, 1.165) is 22.7 Å². The number of aromatic nitrogens is 1. The van der Waals surface area contributed by atoms with Gasteiger partial charge in [-0.3, -0.25) is 4.79 Å². The van der Waals surface area contributed by atoms with Crippen LogP contribution in [0.5, 0.6) is 0 Å². The number of furan rings is 1. The van der Waals surface area contributed by atoms with Crippen molar-refractivity contribution in [3.63, 3.8) is 0 Å². The van der Waals surface area contributed by atoms with Crippen molar-refractivity contribution in [2.24, 2.45) is 0 Å². The van der Waals surface area contributed by atoms with E-state index in [4.69, 9.17) is 9.15 Å². The van der Waals surface area contributed by atoms with Gasteiger partial charge in [-0.2, -0.15) is 5.26 Å². The summed E-state index contributed by atoms with van der Waals surface area (Å²) < 4.78 is 12.9. The lowest BCUT2D eigenvalue weighted by Crippen LogP contribution is -2.27. The number of hydrogen-bond donors (Lipinski definition) is 0. The predicted molar refractivity (Wildman–Crippen MR) is 104 cm³/mol. The number of ether oxygens (including phenoxy) is 1. The van der Waals surface area contributed by atoms with Crippen LogP contribution in [0.1, 0.15) is 41.4 Å². The Morgan fingerprint density at radius 3 is 2.67 bits per heavy atom. The first-order chi connectivity index (χ1) is 12.8. The Morgan fingerprint density at radius 2 is 2.11 bits per heavy atom. The van der Waals surface area contributed by atoms with Crippen molar-refractivity contribution in [3.05, 3.63) is 52.2 Å². The van der Waals surface area contributed by atoms with Crippen LogP contribution in [-0.2, 0) is 16.1 Å². The molecule has 0 aliphatic carbocycles. The zero-order valence-electron chi connectivity index (χ0n) is 16.9. The molecule has 2 heterocycles. The molecule has 0 aliphatic heterocycles. The Morgan fingerprint density at radius 1 is 1.41 bits per heavy atom. The van der Waals surface area contributed by atoms with E-state index in [-0.39, 0.29) is 17.5 Å². The van der Waals surface area contributed by atoms with Crippen molar-refractivity contribution < 1.29 is 13.9 Å². The molecule has 1 amide bonds. The standard InChI is InChI=1S/C21H27N3O3/c1-14-9-18(17(4)24(14)15(2)13-26-6)10-19(11-22)21(25)23(5)12-20-8-7-16(3)27-20/h7-10,15H,12-13H2,1-6H3/b19-10+. The molecular weight excluding hydrogens is 342 g/mol. The van der Waals surface area contributed by atoms with E-state index in [0.29, 0.717) is 18.9 Å². The van der Waals surface area contributed by atoms with E-state index < -0.39 is 0 Å². The van der Waals surface area contributed by atoms with Crippen LogP contribution in [0.3, 0.4) is 0 Å². The predicted octanol–water partition coefficient (Wildman–Crippen LogP) is 3.78. The van der Waals surface area contributed by atoms with Crippen molar-refractivity contribution in [2.75, 3.05) is 20.8 Å². The quantitative estimate of drug-likeness (QED) is 0.550. The molecule has 0 radical (unpaired) electrons. The smallest absolute Gasteiger partial charge is 0.264 e. The molecule has 1 unspecified atom stereocenters. The molecule has 6 heteroatoms. The van der Waals surface area contributed by atoms with Gasteiger partial charge in [-0.25, -0.2) is 0 Å². The first-order valence-electron chi connectivity index (χ1n) is 8.88. The second-order valence-electron chi connectivity index (χ2n) is 6.84. The summed E-state index contributed by atoms with van der Waals surface area (Å²) >= 11 is 0. The van der Waals surface area contributed by atoms with Gasteiger partial charge < -0.3 is 18.6 Å². The minimum absolute atomic E-state index is 0.0976. The van der Waals surface area contributed by atoms with Crippen molar-refractivity contribution in [3.8, 4) is 6.07 Å². The molecule has 2 aromatic heterocycles. The van der Waals surface area contributed by atoms with Gasteiger partial charge in [0.05, 0.1) is 19.2 Å². The fourth-order valence-electron chi connectivity index (χ4n) is 3.32. The average Bonchev–Trinajstić information content (AvgIpc) is 3.14. The molecule has 0 bridgehead atoms. The maximum absolute atomic E-state index is 12.7. The van der Waals surface area contributed by atoms with Crippen LogP contribution in [0.15, 0.2) is 28.2 Å². The summed E-state index contributed by atoms with van der Waals surface area (Å²) in [6.45, 7) is 8.83. The minimum Gasteiger partial charge on any atom is -0.464 e. The number of carbonyl (C=O) groups excluding carboxylic acids is 1. The van der Waals surface area contributed by atoms with Gasteiger partial charge in [0.25, 0.3) is 5.91 Å². The van der Waals surface area contributed by atoms with Crippen molar-refractivity contribution in [1.29, 1.82) is 5.26 Å². The van der Waals surface area contributed by atoms with E-state index in [1.54, 1.807) is 20.2 Å². The van der Waals surface area contributed by atoms with Crippen molar-refractivity contribution in [1.82, 2.24) is 9.47 Å². The number of carbonyl (C=O) groups is 1. The van der Waals surface area contributed by atoms with Gasteiger partial charge in [-0.1, -0.05) is 0 Å². The van der Waals surface area contributed by atoms with E-state index >= 15 is 0 Å². The number of likely N-dealkylation sites (N-methyl/N-ethyl adjacent to an activating group) is 1. The fourth-order valence-corrected chi connectivity index (χ4v) is 3.32. The fraction of sp³-hybridized carbons (Fsp3) is 0.429. The largest absolute Gasteiger partial charge is 0.464 e. The number of rotatable bonds is 7. The molecule has 2 rings (SSSR count). The second-order valence-corrected chi connectivity index (χ2v) is 6.84. The van der Waals surface area contributed by atoms with Crippen LogP contribution in [0.2, 0.25) is 0 Å². The molecule has 0 fully saturated rings. The first kappa shape index (κ1) is 20.5. The third kappa shape index (κ3) is 4.69. The van der Waals surface area contributed by atoms with E-state index in [1.807, 2.05) is 45.0 Å². The summed E-state index contributed by atoms with van der Waals surface area (Å²) in [6.07, 6.45) is 1.66. The number of nitriles is 1. The minimum atomic E-state index is -0.332. The van der Waals surface area contributed by atoms with Crippen LogP contribution in [0, 0.1) is 32.1 Å². The molecule has 144 valence electrons. The van der Waals surface area contributed by atoms with Crippen LogP contribution in [-0.4, -0.2) is 36.1 Å². The van der Waals surface area contributed by atoms with Crippen LogP contribution in [0.25, 0.3) is 6.08 Å².